The number of hydrogen-bond acceptors (Lipinski definition) is 1. The second-order valence-electron chi connectivity index (χ2n) is 6.92. The van der Waals surface area contributed by atoms with Gasteiger partial charge in [-0.1, -0.05) is 58.5 Å². The van der Waals surface area contributed by atoms with Gasteiger partial charge < -0.3 is 5.32 Å². The molecule has 0 aliphatic rings. The molecular formula is C18H29N. The first-order chi connectivity index (χ1) is 8.70. The fourth-order valence-electron chi connectivity index (χ4n) is 2.51. The van der Waals surface area contributed by atoms with Gasteiger partial charge in [0.05, 0.1) is 0 Å². The van der Waals surface area contributed by atoms with Crippen LogP contribution in [0.1, 0.15) is 58.1 Å². The van der Waals surface area contributed by atoms with Crippen molar-refractivity contribution in [3.05, 3.63) is 47.7 Å². The topological polar surface area (TPSA) is 12.0 Å². The van der Waals surface area contributed by atoms with E-state index in [0.29, 0.717) is 12.0 Å². The molecule has 0 radical (unpaired) electrons. The number of rotatable bonds is 5. The average Bonchev–Trinajstić information content (AvgIpc) is 2.26. The summed E-state index contributed by atoms with van der Waals surface area (Å²) in [5.41, 5.74) is 4.21. The molecule has 1 N–H and O–H groups in total. The molecule has 0 aromatic heterocycles. The Kier molecular flexibility index (Phi) is 5.22. The SMILES string of the molecule is C=C(CC(C)(C)C)N[C@@H](C)[C@H](C)c1ccccc1C. The molecule has 1 aromatic rings. The summed E-state index contributed by atoms with van der Waals surface area (Å²) in [5.74, 6) is 0.484. The highest BCUT2D eigenvalue weighted by atomic mass is 14.9. The van der Waals surface area contributed by atoms with Gasteiger partial charge in [0.1, 0.15) is 0 Å². The Bertz CT molecular complexity index is 426. The summed E-state index contributed by atoms with van der Waals surface area (Å²) in [7, 11) is 0. The lowest BCUT2D eigenvalue weighted by Gasteiger charge is -2.28. The Morgan fingerprint density at radius 3 is 2.32 bits per heavy atom. The van der Waals surface area contributed by atoms with E-state index in [1.54, 1.807) is 0 Å². The molecule has 0 bridgehead atoms. The van der Waals surface area contributed by atoms with Gasteiger partial charge in [0.15, 0.2) is 0 Å². The van der Waals surface area contributed by atoms with E-state index in [1.165, 1.54) is 11.1 Å². The molecule has 106 valence electrons. The molecule has 0 heterocycles. The number of benzene rings is 1. The molecule has 1 nitrogen and oxygen atoms in total. The van der Waals surface area contributed by atoms with Crippen molar-refractivity contribution in [2.24, 2.45) is 5.41 Å². The van der Waals surface area contributed by atoms with Gasteiger partial charge in [-0.3, -0.25) is 0 Å². The Morgan fingerprint density at radius 1 is 1.21 bits per heavy atom. The molecule has 0 unspecified atom stereocenters. The lowest BCUT2D eigenvalue weighted by molar-refractivity contribution is 0.386. The number of allylic oxidation sites excluding steroid dienone is 1. The van der Waals surface area contributed by atoms with Crippen LogP contribution in [0.25, 0.3) is 0 Å². The van der Waals surface area contributed by atoms with E-state index in [0.717, 1.165) is 12.1 Å². The van der Waals surface area contributed by atoms with Crippen molar-refractivity contribution in [3.8, 4) is 0 Å². The Hall–Kier alpha value is -1.24. The Labute approximate surface area is 119 Å². The van der Waals surface area contributed by atoms with E-state index >= 15 is 0 Å². The van der Waals surface area contributed by atoms with Crippen LogP contribution in [0, 0.1) is 12.3 Å². The van der Waals surface area contributed by atoms with Crippen LogP contribution in [-0.2, 0) is 0 Å². The van der Waals surface area contributed by atoms with Crippen molar-refractivity contribution in [3.63, 3.8) is 0 Å². The van der Waals surface area contributed by atoms with Crippen LogP contribution >= 0.6 is 0 Å². The average molecular weight is 259 g/mol. The third-order valence-electron chi connectivity index (χ3n) is 3.60. The van der Waals surface area contributed by atoms with Gasteiger partial charge >= 0.3 is 0 Å². The summed E-state index contributed by atoms with van der Waals surface area (Å²) in [6, 6.07) is 9.03. The maximum Gasteiger partial charge on any atom is 0.0295 e. The van der Waals surface area contributed by atoms with Gasteiger partial charge in [-0.05, 0) is 36.8 Å². The first kappa shape index (κ1) is 15.8. The van der Waals surface area contributed by atoms with Gasteiger partial charge in [0.25, 0.3) is 0 Å². The van der Waals surface area contributed by atoms with Crippen LogP contribution in [0.2, 0.25) is 0 Å². The van der Waals surface area contributed by atoms with Crippen LogP contribution in [0.15, 0.2) is 36.5 Å². The zero-order chi connectivity index (χ0) is 14.6. The van der Waals surface area contributed by atoms with Crippen molar-refractivity contribution in [1.29, 1.82) is 0 Å². The molecule has 1 rings (SSSR count). The van der Waals surface area contributed by atoms with E-state index in [-0.39, 0.29) is 5.41 Å². The van der Waals surface area contributed by atoms with Crippen molar-refractivity contribution in [1.82, 2.24) is 5.32 Å². The number of aryl methyl sites for hydroxylation is 1. The normalized spacial score (nSPS) is 14.8. The standard InChI is InChI=1S/C18H29N/c1-13-10-8-9-11-17(13)15(3)16(4)19-14(2)12-18(5,6)7/h8-11,15-16,19H,2,12H2,1,3-7H3/t15-,16-/m0/s1. The van der Waals surface area contributed by atoms with Crippen LogP contribution in [0.4, 0.5) is 0 Å². The third-order valence-corrected chi connectivity index (χ3v) is 3.60. The molecule has 0 fully saturated rings. The quantitative estimate of drug-likeness (QED) is 0.782. The molecule has 2 atom stereocenters. The van der Waals surface area contributed by atoms with Gasteiger partial charge in [0.2, 0.25) is 0 Å². The van der Waals surface area contributed by atoms with Gasteiger partial charge in [-0.2, -0.15) is 0 Å². The van der Waals surface area contributed by atoms with Crippen LogP contribution < -0.4 is 5.32 Å². The van der Waals surface area contributed by atoms with E-state index < -0.39 is 0 Å². The summed E-state index contributed by atoms with van der Waals surface area (Å²) in [4.78, 5) is 0. The second kappa shape index (κ2) is 6.27. The monoisotopic (exact) mass is 259 g/mol. The van der Waals surface area contributed by atoms with Crippen molar-refractivity contribution < 1.29 is 0 Å². The van der Waals surface area contributed by atoms with Gasteiger partial charge in [-0.15, -0.1) is 0 Å². The number of hydrogen-bond donors (Lipinski definition) is 1. The van der Waals surface area contributed by atoms with E-state index in [9.17, 15) is 0 Å². The predicted molar refractivity (Wildman–Crippen MR) is 85.4 cm³/mol. The largest absolute Gasteiger partial charge is 0.386 e. The Balaban J connectivity index is 2.66. The molecular weight excluding hydrogens is 230 g/mol. The molecule has 0 amide bonds. The van der Waals surface area contributed by atoms with E-state index in [1.807, 2.05) is 0 Å². The maximum atomic E-state index is 4.17. The molecule has 0 saturated heterocycles. The minimum atomic E-state index is 0.287. The van der Waals surface area contributed by atoms with Crippen molar-refractivity contribution in [2.45, 2.75) is 59.9 Å². The fourth-order valence-corrected chi connectivity index (χ4v) is 2.51. The number of nitrogens with one attached hydrogen (secondary N) is 1. The molecule has 0 spiro atoms. The van der Waals surface area contributed by atoms with Crippen molar-refractivity contribution >= 4 is 0 Å². The molecule has 1 aromatic carbocycles. The van der Waals surface area contributed by atoms with Gasteiger partial charge in [-0.25, -0.2) is 0 Å². The first-order valence-corrected chi connectivity index (χ1v) is 7.20. The van der Waals surface area contributed by atoms with E-state index in [2.05, 4.69) is 77.7 Å². The predicted octanol–water partition coefficient (Wildman–Crippen LogP) is 5.03. The van der Waals surface area contributed by atoms with Crippen LogP contribution in [0.5, 0.6) is 0 Å². The minimum Gasteiger partial charge on any atom is -0.386 e. The fraction of sp³-hybridized carbons (Fsp3) is 0.556. The zero-order valence-electron chi connectivity index (χ0n) is 13.4. The molecule has 1 heteroatoms. The van der Waals surface area contributed by atoms with Crippen LogP contribution in [-0.4, -0.2) is 6.04 Å². The smallest absolute Gasteiger partial charge is 0.0295 e. The Morgan fingerprint density at radius 2 is 1.79 bits per heavy atom. The highest BCUT2D eigenvalue weighted by molar-refractivity contribution is 5.29. The third kappa shape index (κ3) is 5.10. The summed E-state index contributed by atoms with van der Waals surface area (Å²) < 4.78 is 0. The van der Waals surface area contributed by atoms with Gasteiger partial charge in [0, 0.05) is 17.7 Å². The second-order valence-corrected chi connectivity index (χ2v) is 6.92. The molecule has 0 aliphatic heterocycles. The van der Waals surface area contributed by atoms with E-state index in [4.69, 9.17) is 0 Å². The highest BCUT2D eigenvalue weighted by Gasteiger charge is 2.18. The summed E-state index contributed by atoms with van der Waals surface area (Å²) >= 11 is 0. The first-order valence-electron chi connectivity index (χ1n) is 7.20. The lowest BCUT2D eigenvalue weighted by atomic mass is 9.88. The minimum absolute atomic E-state index is 0.287. The van der Waals surface area contributed by atoms with Crippen LogP contribution in [0.3, 0.4) is 0 Å². The molecule has 0 aliphatic carbocycles. The maximum absolute atomic E-state index is 4.17. The van der Waals surface area contributed by atoms with Crippen molar-refractivity contribution in [2.75, 3.05) is 0 Å². The molecule has 0 saturated carbocycles. The zero-order valence-corrected chi connectivity index (χ0v) is 13.4. The summed E-state index contributed by atoms with van der Waals surface area (Å²) in [6.07, 6.45) is 1.01. The molecule has 19 heavy (non-hydrogen) atoms. The summed E-state index contributed by atoms with van der Waals surface area (Å²) in [6.45, 7) is 17.6. The summed E-state index contributed by atoms with van der Waals surface area (Å²) in [5, 5.41) is 3.57. The lowest BCUT2D eigenvalue weighted by Crippen LogP contribution is -2.31. The highest BCUT2D eigenvalue weighted by Crippen LogP contribution is 2.25.